The minimum atomic E-state index is -0.567. The van der Waals surface area contributed by atoms with Gasteiger partial charge in [-0.25, -0.2) is 0 Å². The maximum Gasteiger partial charge on any atom is 0.639 e. The van der Waals surface area contributed by atoms with Crippen LogP contribution in [0.15, 0.2) is 42.5 Å². The van der Waals surface area contributed by atoms with Gasteiger partial charge in [0.2, 0.25) is 0 Å². The molecule has 0 radical (unpaired) electrons. The van der Waals surface area contributed by atoms with E-state index in [0.717, 1.165) is 25.4 Å². The molecule has 2 aromatic rings. The van der Waals surface area contributed by atoms with Crippen LogP contribution in [0.5, 0.6) is 5.75 Å². The van der Waals surface area contributed by atoms with Crippen LogP contribution in [0.2, 0.25) is 0 Å². The molecule has 120 valence electrons. The number of hydrogen-bond acceptors (Lipinski definition) is 5. The van der Waals surface area contributed by atoms with E-state index < -0.39 is 7.32 Å². The molecular formula is C17H20BNO4. The number of fused-ring (bicyclic) bond motifs is 7. The van der Waals surface area contributed by atoms with E-state index in [0.29, 0.717) is 19.8 Å². The molecule has 2 aromatic carbocycles. The van der Waals surface area contributed by atoms with Crippen molar-refractivity contribution in [3.63, 3.8) is 0 Å². The quantitative estimate of drug-likeness (QED) is 0.810. The fourth-order valence-corrected chi connectivity index (χ4v) is 3.00. The molecule has 2 bridgehead atoms. The molecule has 0 aliphatic carbocycles. The van der Waals surface area contributed by atoms with Crippen molar-refractivity contribution in [3.8, 4) is 5.75 Å². The van der Waals surface area contributed by atoms with Gasteiger partial charge in [0.1, 0.15) is 12.4 Å². The highest BCUT2D eigenvalue weighted by Gasteiger charge is 2.32. The average molecular weight is 313 g/mol. The Hall–Kier alpha value is -1.60. The van der Waals surface area contributed by atoms with Crippen molar-refractivity contribution in [2.24, 2.45) is 0 Å². The smallest absolute Gasteiger partial charge is 0.491 e. The SMILES string of the molecule is c1ccc2cc(OC[C@@H]3CN4CCOB(OCC4)O3)ccc2c1. The Morgan fingerprint density at radius 1 is 1.04 bits per heavy atom. The van der Waals surface area contributed by atoms with Crippen LogP contribution in [0.25, 0.3) is 10.8 Å². The summed E-state index contributed by atoms with van der Waals surface area (Å²) < 4.78 is 22.9. The topological polar surface area (TPSA) is 40.2 Å². The van der Waals surface area contributed by atoms with E-state index in [1.165, 1.54) is 10.8 Å². The highest BCUT2D eigenvalue weighted by molar-refractivity contribution is 6.36. The van der Waals surface area contributed by atoms with Crippen molar-refractivity contribution in [2.75, 3.05) is 39.5 Å². The normalized spacial score (nSPS) is 25.0. The third kappa shape index (κ3) is 3.67. The zero-order chi connectivity index (χ0) is 15.5. The van der Waals surface area contributed by atoms with Gasteiger partial charge in [-0.15, -0.1) is 0 Å². The Balaban J connectivity index is 1.42. The predicted octanol–water partition coefficient (Wildman–Crippen LogP) is 1.95. The van der Waals surface area contributed by atoms with Crippen molar-refractivity contribution >= 4 is 18.1 Å². The lowest BCUT2D eigenvalue weighted by atomic mass is 10.1. The van der Waals surface area contributed by atoms with Gasteiger partial charge >= 0.3 is 7.32 Å². The molecule has 23 heavy (non-hydrogen) atoms. The van der Waals surface area contributed by atoms with Crippen molar-refractivity contribution in [2.45, 2.75) is 6.10 Å². The van der Waals surface area contributed by atoms with Gasteiger partial charge in [-0.2, -0.15) is 0 Å². The number of rotatable bonds is 3. The predicted molar refractivity (Wildman–Crippen MR) is 88.4 cm³/mol. The van der Waals surface area contributed by atoms with Gasteiger partial charge < -0.3 is 18.7 Å². The molecule has 3 saturated heterocycles. The summed E-state index contributed by atoms with van der Waals surface area (Å²) >= 11 is 0. The zero-order valence-electron chi connectivity index (χ0n) is 13.0. The summed E-state index contributed by atoms with van der Waals surface area (Å²) in [7, 11) is -0.567. The molecule has 0 N–H and O–H groups in total. The Bertz CT molecular complexity index is 644. The molecule has 0 amide bonds. The Kier molecular flexibility index (Phi) is 4.48. The summed E-state index contributed by atoms with van der Waals surface area (Å²) in [5.41, 5.74) is 0. The summed E-state index contributed by atoms with van der Waals surface area (Å²) in [6.07, 6.45) is -0.0629. The minimum absolute atomic E-state index is 0.0629. The largest absolute Gasteiger partial charge is 0.639 e. The van der Waals surface area contributed by atoms with Gasteiger partial charge in [0.15, 0.2) is 0 Å². The highest BCUT2D eigenvalue weighted by Crippen LogP contribution is 2.21. The van der Waals surface area contributed by atoms with Crippen LogP contribution in [0.3, 0.4) is 0 Å². The van der Waals surface area contributed by atoms with Gasteiger partial charge in [0, 0.05) is 32.8 Å². The number of nitrogens with zero attached hydrogens (tertiary/aromatic N) is 1. The molecule has 6 heteroatoms. The van der Waals surface area contributed by atoms with Crippen molar-refractivity contribution in [3.05, 3.63) is 42.5 Å². The van der Waals surface area contributed by atoms with Crippen LogP contribution in [-0.2, 0) is 14.0 Å². The van der Waals surface area contributed by atoms with Gasteiger partial charge in [-0.05, 0) is 22.9 Å². The fourth-order valence-electron chi connectivity index (χ4n) is 3.00. The molecule has 3 aliphatic rings. The molecule has 5 rings (SSSR count). The van der Waals surface area contributed by atoms with Crippen LogP contribution in [0, 0.1) is 0 Å². The first kappa shape index (κ1) is 15.0. The molecule has 0 saturated carbocycles. The van der Waals surface area contributed by atoms with E-state index in [1.807, 2.05) is 18.2 Å². The fraction of sp³-hybridized carbons (Fsp3) is 0.412. The standard InChI is InChI=1S/C17H20BNO4/c1-2-4-15-11-16(6-5-14(15)3-1)20-13-17-12-19-7-9-21-18(23-17)22-10-8-19/h1-6,11,17H,7-10,12-13H2/t17-/m0/s1. The first-order valence-electron chi connectivity index (χ1n) is 8.09. The molecule has 5 nitrogen and oxygen atoms in total. The average Bonchev–Trinajstić information content (AvgIpc) is 2.52. The first-order valence-corrected chi connectivity index (χ1v) is 8.09. The molecular weight excluding hydrogens is 293 g/mol. The summed E-state index contributed by atoms with van der Waals surface area (Å²) in [4.78, 5) is 2.30. The van der Waals surface area contributed by atoms with Crippen molar-refractivity contribution < 1.29 is 18.7 Å². The maximum absolute atomic E-state index is 5.95. The molecule has 0 aromatic heterocycles. The van der Waals surface area contributed by atoms with Crippen molar-refractivity contribution in [1.82, 2.24) is 4.90 Å². The maximum atomic E-state index is 5.95. The molecule has 3 aliphatic heterocycles. The van der Waals surface area contributed by atoms with E-state index >= 15 is 0 Å². The number of hydrogen-bond donors (Lipinski definition) is 0. The van der Waals surface area contributed by atoms with E-state index in [4.69, 9.17) is 18.7 Å². The van der Waals surface area contributed by atoms with Gasteiger partial charge in [-0.3, -0.25) is 4.90 Å². The Morgan fingerprint density at radius 3 is 2.65 bits per heavy atom. The lowest BCUT2D eigenvalue weighted by Crippen LogP contribution is -2.51. The summed E-state index contributed by atoms with van der Waals surface area (Å²) in [6.45, 7) is 4.44. The van der Waals surface area contributed by atoms with Gasteiger partial charge in [-0.1, -0.05) is 30.3 Å². The van der Waals surface area contributed by atoms with Crippen molar-refractivity contribution in [1.29, 1.82) is 0 Å². The second-order valence-electron chi connectivity index (χ2n) is 5.91. The van der Waals surface area contributed by atoms with E-state index in [9.17, 15) is 0 Å². The zero-order valence-corrected chi connectivity index (χ0v) is 13.0. The van der Waals surface area contributed by atoms with E-state index in [-0.39, 0.29) is 6.10 Å². The molecule has 1 atom stereocenters. The van der Waals surface area contributed by atoms with Crippen LogP contribution >= 0.6 is 0 Å². The molecule has 3 fully saturated rings. The molecule has 0 spiro atoms. The number of benzene rings is 2. The monoisotopic (exact) mass is 313 g/mol. The molecule has 0 unspecified atom stereocenters. The first-order chi connectivity index (χ1) is 11.4. The Labute approximate surface area is 136 Å². The third-order valence-electron chi connectivity index (χ3n) is 4.25. The summed E-state index contributed by atoms with van der Waals surface area (Å²) in [5.74, 6) is 0.858. The van der Waals surface area contributed by atoms with Crippen LogP contribution in [0.4, 0.5) is 0 Å². The second kappa shape index (κ2) is 6.89. The van der Waals surface area contributed by atoms with Gasteiger partial charge in [0.05, 0.1) is 6.10 Å². The summed E-state index contributed by atoms with van der Waals surface area (Å²) in [6, 6.07) is 14.4. The second-order valence-corrected chi connectivity index (χ2v) is 5.91. The molecule has 3 heterocycles. The van der Waals surface area contributed by atoms with E-state index in [2.05, 4.69) is 29.2 Å². The third-order valence-corrected chi connectivity index (χ3v) is 4.25. The van der Waals surface area contributed by atoms with Gasteiger partial charge in [0.25, 0.3) is 0 Å². The van der Waals surface area contributed by atoms with Crippen LogP contribution in [0.1, 0.15) is 0 Å². The lowest BCUT2D eigenvalue weighted by Gasteiger charge is -2.34. The summed E-state index contributed by atoms with van der Waals surface area (Å²) in [5, 5.41) is 2.39. The minimum Gasteiger partial charge on any atom is -0.491 e. The Morgan fingerprint density at radius 2 is 1.83 bits per heavy atom. The van der Waals surface area contributed by atoms with E-state index in [1.54, 1.807) is 0 Å². The number of ether oxygens (including phenoxy) is 1. The lowest BCUT2D eigenvalue weighted by molar-refractivity contribution is -0.0321. The highest BCUT2D eigenvalue weighted by atomic mass is 16.7. The van der Waals surface area contributed by atoms with Crippen LogP contribution in [-0.4, -0.2) is 57.8 Å². The van der Waals surface area contributed by atoms with Crippen LogP contribution < -0.4 is 4.74 Å².